The van der Waals surface area contributed by atoms with Crippen LogP contribution in [0.1, 0.15) is 39.0 Å². The van der Waals surface area contributed by atoms with E-state index in [9.17, 15) is 4.79 Å². The number of hydrogen-bond acceptors (Lipinski definition) is 3. The molecule has 0 radical (unpaired) electrons. The van der Waals surface area contributed by atoms with Crippen molar-refractivity contribution in [2.75, 3.05) is 20.1 Å². The van der Waals surface area contributed by atoms with Crippen LogP contribution >= 0.6 is 12.2 Å². The van der Waals surface area contributed by atoms with Gasteiger partial charge in [-0.15, -0.1) is 0 Å². The molecule has 0 aromatic carbocycles. The van der Waals surface area contributed by atoms with Gasteiger partial charge in [0.1, 0.15) is 0 Å². The maximum Gasteiger partial charge on any atom is 0.235 e. The Bertz CT molecular complexity index is 433. The summed E-state index contributed by atoms with van der Waals surface area (Å²) >= 11 is 5.22. The molecule has 3 aliphatic rings. The molecular weight excluding hydrogens is 270 g/mol. The van der Waals surface area contributed by atoms with E-state index in [0.717, 1.165) is 32.4 Å². The van der Waals surface area contributed by atoms with Crippen molar-refractivity contribution < 1.29 is 4.79 Å². The molecule has 2 unspecified atom stereocenters. The minimum Gasteiger partial charge on any atom is -0.392 e. The zero-order valence-electron chi connectivity index (χ0n) is 12.5. The number of thiocarbonyl (C=S) groups is 1. The van der Waals surface area contributed by atoms with Gasteiger partial charge in [0, 0.05) is 25.2 Å². The number of rotatable bonds is 2. The second-order valence-corrected chi connectivity index (χ2v) is 7.49. The molecule has 2 N–H and O–H groups in total. The summed E-state index contributed by atoms with van der Waals surface area (Å²) in [5, 5.41) is 0. The largest absolute Gasteiger partial charge is 0.392 e. The van der Waals surface area contributed by atoms with E-state index < -0.39 is 5.41 Å². The Kier molecular flexibility index (Phi) is 3.53. The Hall–Kier alpha value is -0.680. The first-order chi connectivity index (χ1) is 9.44. The molecule has 2 atom stereocenters. The van der Waals surface area contributed by atoms with Crippen LogP contribution in [0.3, 0.4) is 0 Å². The van der Waals surface area contributed by atoms with Gasteiger partial charge in [0.05, 0.1) is 10.4 Å². The number of hydrogen-bond donors (Lipinski definition) is 1. The molecule has 4 nitrogen and oxygen atoms in total. The molecule has 20 heavy (non-hydrogen) atoms. The second kappa shape index (κ2) is 4.95. The molecule has 3 rings (SSSR count). The molecule has 0 spiro atoms. The lowest BCUT2D eigenvalue weighted by Crippen LogP contribution is -2.58. The van der Waals surface area contributed by atoms with E-state index in [0.29, 0.717) is 23.0 Å². The van der Waals surface area contributed by atoms with Crippen molar-refractivity contribution >= 4 is 23.1 Å². The number of carbonyl (C=O) groups is 1. The summed E-state index contributed by atoms with van der Waals surface area (Å²) in [6.07, 6.45) is 5.24. The molecule has 2 heterocycles. The summed E-state index contributed by atoms with van der Waals surface area (Å²) in [7, 11) is 2.20. The minimum atomic E-state index is -0.531. The number of nitrogens with two attached hydrogens (primary N) is 1. The Labute approximate surface area is 126 Å². The molecule has 1 amide bonds. The summed E-state index contributed by atoms with van der Waals surface area (Å²) < 4.78 is 0. The SMILES string of the molecule is CC1CC(C(=O)N2CCC3CCC(C2)N3C)(C(N)=S)C1. The number of likely N-dealkylation sites (N-methyl/N-ethyl adjacent to an activating group) is 1. The normalized spacial score (nSPS) is 41.1. The quantitative estimate of drug-likeness (QED) is 0.782. The fraction of sp³-hybridized carbons (Fsp3) is 0.867. The highest BCUT2D eigenvalue weighted by Crippen LogP contribution is 2.47. The third-order valence-corrected chi connectivity index (χ3v) is 6.10. The summed E-state index contributed by atoms with van der Waals surface area (Å²) in [4.78, 5) is 17.9. The number of amides is 1. The van der Waals surface area contributed by atoms with E-state index in [1.165, 1.54) is 12.8 Å². The lowest BCUT2D eigenvalue weighted by atomic mass is 9.61. The van der Waals surface area contributed by atoms with Crippen LogP contribution in [0.2, 0.25) is 0 Å². The van der Waals surface area contributed by atoms with E-state index in [1.807, 2.05) is 4.90 Å². The second-order valence-electron chi connectivity index (χ2n) is 7.05. The van der Waals surface area contributed by atoms with Gasteiger partial charge in [0.2, 0.25) is 5.91 Å². The highest BCUT2D eigenvalue weighted by molar-refractivity contribution is 7.80. The molecular formula is C15H25N3OS. The summed E-state index contributed by atoms with van der Waals surface area (Å²) in [6.45, 7) is 3.88. The standard InChI is InChI=1S/C15H25N3OS/c1-10-7-15(8-10,13(16)20)14(19)18-6-5-11-3-4-12(9-18)17(11)2/h10-12H,3-9H2,1-2H3,(H2,16,20). The molecule has 0 aromatic rings. The molecule has 0 aromatic heterocycles. The van der Waals surface area contributed by atoms with Crippen LogP contribution in [-0.4, -0.2) is 52.9 Å². The zero-order valence-corrected chi connectivity index (χ0v) is 13.3. The van der Waals surface area contributed by atoms with Crippen molar-refractivity contribution in [1.82, 2.24) is 9.80 Å². The summed E-state index contributed by atoms with van der Waals surface area (Å²) in [5.74, 6) is 0.760. The van der Waals surface area contributed by atoms with Crippen molar-refractivity contribution in [2.45, 2.75) is 51.1 Å². The fourth-order valence-corrected chi connectivity index (χ4v) is 4.66. The average molecular weight is 295 g/mol. The third-order valence-electron chi connectivity index (χ3n) is 5.71. The number of fused-ring (bicyclic) bond motifs is 2. The fourth-order valence-electron chi connectivity index (χ4n) is 4.41. The monoisotopic (exact) mass is 295 g/mol. The van der Waals surface area contributed by atoms with Gasteiger partial charge in [0.25, 0.3) is 0 Å². The first-order valence-electron chi connectivity index (χ1n) is 7.75. The van der Waals surface area contributed by atoms with E-state index in [-0.39, 0.29) is 5.91 Å². The predicted molar refractivity (Wildman–Crippen MR) is 83.4 cm³/mol. The Balaban J connectivity index is 1.76. The first kappa shape index (κ1) is 14.3. The van der Waals surface area contributed by atoms with Crippen LogP contribution in [0.5, 0.6) is 0 Å². The first-order valence-corrected chi connectivity index (χ1v) is 8.16. The van der Waals surface area contributed by atoms with Gasteiger partial charge >= 0.3 is 0 Å². The lowest BCUT2D eigenvalue weighted by molar-refractivity contribution is -0.144. The highest BCUT2D eigenvalue weighted by atomic mass is 32.1. The molecule has 112 valence electrons. The van der Waals surface area contributed by atoms with Crippen LogP contribution in [0.25, 0.3) is 0 Å². The Morgan fingerprint density at radius 1 is 1.25 bits per heavy atom. The Morgan fingerprint density at radius 2 is 1.90 bits per heavy atom. The van der Waals surface area contributed by atoms with Crippen molar-refractivity contribution in [3.8, 4) is 0 Å². The lowest BCUT2D eigenvalue weighted by Gasteiger charge is -2.47. The smallest absolute Gasteiger partial charge is 0.235 e. The number of nitrogens with zero attached hydrogens (tertiary/aromatic N) is 2. The molecule has 2 aliphatic heterocycles. The molecule has 1 aliphatic carbocycles. The maximum atomic E-state index is 13.0. The van der Waals surface area contributed by atoms with E-state index in [2.05, 4.69) is 18.9 Å². The maximum absolute atomic E-state index is 13.0. The molecule has 1 saturated carbocycles. The average Bonchev–Trinajstić information content (AvgIpc) is 2.58. The van der Waals surface area contributed by atoms with Crippen molar-refractivity contribution in [2.24, 2.45) is 17.1 Å². The van der Waals surface area contributed by atoms with E-state index >= 15 is 0 Å². The zero-order chi connectivity index (χ0) is 14.5. The summed E-state index contributed by atoms with van der Waals surface area (Å²) in [6, 6.07) is 1.17. The van der Waals surface area contributed by atoms with Gasteiger partial charge < -0.3 is 10.6 Å². The van der Waals surface area contributed by atoms with Crippen molar-refractivity contribution in [3.63, 3.8) is 0 Å². The van der Waals surface area contributed by atoms with Gasteiger partial charge in [-0.25, -0.2) is 0 Å². The molecule has 5 heteroatoms. The van der Waals surface area contributed by atoms with Crippen LogP contribution in [-0.2, 0) is 4.79 Å². The number of carbonyl (C=O) groups excluding carboxylic acids is 1. The van der Waals surface area contributed by atoms with E-state index in [1.54, 1.807) is 0 Å². The van der Waals surface area contributed by atoms with Crippen LogP contribution in [0.4, 0.5) is 0 Å². The van der Waals surface area contributed by atoms with Crippen LogP contribution in [0.15, 0.2) is 0 Å². The third kappa shape index (κ3) is 2.06. The Morgan fingerprint density at radius 3 is 2.50 bits per heavy atom. The molecule has 3 fully saturated rings. The van der Waals surface area contributed by atoms with Crippen LogP contribution in [0, 0.1) is 11.3 Å². The molecule has 2 bridgehead atoms. The minimum absolute atomic E-state index is 0.198. The number of likely N-dealkylation sites (tertiary alicyclic amines) is 1. The van der Waals surface area contributed by atoms with Crippen molar-refractivity contribution in [1.29, 1.82) is 0 Å². The van der Waals surface area contributed by atoms with E-state index in [4.69, 9.17) is 18.0 Å². The van der Waals surface area contributed by atoms with Gasteiger partial charge in [-0.3, -0.25) is 9.69 Å². The van der Waals surface area contributed by atoms with Crippen molar-refractivity contribution in [3.05, 3.63) is 0 Å². The van der Waals surface area contributed by atoms with Crippen LogP contribution < -0.4 is 5.73 Å². The van der Waals surface area contributed by atoms with Gasteiger partial charge in [0.15, 0.2) is 0 Å². The predicted octanol–water partition coefficient (Wildman–Crippen LogP) is 1.38. The van der Waals surface area contributed by atoms with Gasteiger partial charge in [-0.1, -0.05) is 19.1 Å². The van der Waals surface area contributed by atoms with Gasteiger partial charge in [-0.2, -0.15) is 0 Å². The van der Waals surface area contributed by atoms with Gasteiger partial charge in [-0.05, 0) is 45.1 Å². The topological polar surface area (TPSA) is 49.6 Å². The molecule has 2 saturated heterocycles. The highest BCUT2D eigenvalue weighted by Gasteiger charge is 2.53. The summed E-state index contributed by atoms with van der Waals surface area (Å²) in [5.41, 5.74) is 5.39.